The van der Waals surface area contributed by atoms with Crippen LogP contribution in [0.15, 0.2) is 36.4 Å². The van der Waals surface area contributed by atoms with E-state index in [0.29, 0.717) is 41.7 Å². The Labute approximate surface area is 183 Å². The molecule has 0 aromatic heterocycles. The Balaban J connectivity index is 1.57. The second-order valence-electron chi connectivity index (χ2n) is 8.84. The molecule has 2 aromatic rings. The lowest BCUT2D eigenvalue weighted by atomic mass is 9.73. The molecule has 2 aromatic carbocycles. The van der Waals surface area contributed by atoms with Gasteiger partial charge in [0.25, 0.3) is 5.91 Å². The molecule has 0 aliphatic carbocycles. The van der Waals surface area contributed by atoms with E-state index in [1.165, 1.54) is 36.8 Å². The van der Waals surface area contributed by atoms with Gasteiger partial charge in [0.05, 0.1) is 5.02 Å². The van der Waals surface area contributed by atoms with Crippen LogP contribution >= 0.6 is 11.6 Å². The summed E-state index contributed by atoms with van der Waals surface area (Å²) in [5.74, 6) is 2.39. The first-order valence-electron chi connectivity index (χ1n) is 11.2. The van der Waals surface area contributed by atoms with E-state index in [9.17, 15) is 4.79 Å². The first-order chi connectivity index (χ1) is 14.6. The number of ether oxygens (including phenoxy) is 1. The second-order valence-corrected chi connectivity index (χ2v) is 9.24. The lowest BCUT2D eigenvalue weighted by molar-refractivity contribution is 0.0772. The smallest absolute Gasteiger partial charge is 0.253 e. The second kappa shape index (κ2) is 7.90. The summed E-state index contributed by atoms with van der Waals surface area (Å²) in [5.41, 5.74) is 3.05. The lowest BCUT2D eigenvalue weighted by Gasteiger charge is -2.39. The molecule has 3 unspecified atom stereocenters. The highest BCUT2D eigenvalue weighted by Crippen LogP contribution is 2.53. The average molecular weight is 425 g/mol. The Morgan fingerprint density at radius 1 is 1.10 bits per heavy atom. The van der Waals surface area contributed by atoms with Gasteiger partial charge in [-0.3, -0.25) is 4.79 Å². The minimum Gasteiger partial charge on any atom is -0.455 e. The highest BCUT2D eigenvalue weighted by molar-refractivity contribution is 6.32. The summed E-state index contributed by atoms with van der Waals surface area (Å²) in [6.07, 6.45) is 4.90. The largest absolute Gasteiger partial charge is 0.455 e. The summed E-state index contributed by atoms with van der Waals surface area (Å²) >= 11 is 6.57. The number of piperidine rings is 1. The van der Waals surface area contributed by atoms with Crippen molar-refractivity contribution in [2.75, 3.05) is 13.1 Å². The van der Waals surface area contributed by atoms with Gasteiger partial charge in [-0.1, -0.05) is 29.8 Å². The van der Waals surface area contributed by atoms with Gasteiger partial charge >= 0.3 is 0 Å². The highest BCUT2D eigenvalue weighted by Gasteiger charge is 2.41. The normalized spacial score (nSPS) is 26.5. The van der Waals surface area contributed by atoms with Gasteiger partial charge in [-0.25, -0.2) is 0 Å². The molecule has 4 nitrogen and oxygen atoms in total. The number of carbonyl (C=O) groups is 1. The molecular formula is C25H29ClN2O2. The zero-order valence-electron chi connectivity index (χ0n) is 17.7. The number of rotatable bonds is 4. The summed E-state index contributed by atoms with van der Waals surface area (Å²) in [5, 5.41) is 4.40. The Kier molecular flexibility index (Phi) is 5.24. The third-order valence-corrected chi connectivity index (χ3v) is 7.47. The van der Waals surface area contributed by atoms with Gasteiger partial charge in [0.1, 0.15) is 11.5 Å². The number of benzene rings is 2. The van der Waals surface area contributed by atoms with Crippen LogP contribution in [0.2, 0.25) is 5.02 Å². The molecule has 2 bridgehead atoms. The maximum absolute atomic E-state index is 12.9. The van der Waals surface area contributed by atoms with E-state index in [1.807, 2.05) is 43.0 Å². The van der Waals surface area contributed by atoms with E-state index in [4.69, 9.17) is 16.3 Å². The number of hydrogen-bond acceptors (Lipinski definition) is 3. The first kappa shape index (κ1) is 19.9. The third kappa shape index (κ3) is 3.30. The van der Waals surface area contributed by atoms with E-state index in [0.717, 1.165) is 11.5 Å². The standard InChI is InChI=1S/C25H29ClN2O2/c1-3-28(4-2)25(29)15-8-11-19-22(14-15)30-24-20(6-5-7-21(24)26)23(19)16-12-17-9-10-18(13-16)27-17/h5-8,11,14,16-18,23,27H,3-4,9-10,12-13H2,1-2H3. The molecule has 5 heteroatoms. The molecule has 1 amide bonds. The number of para-hydroxylation sites is 1. The van der Waals surface area contributed by atoms with Crippen molar-refractivity contribution in [2.45, 2.75) is 57.5 Å². The van der Waals surface area contributed by atoms with Crippen LogP contribution in [-0.4, -0.2) is 36.0 Å². The van der Waals surface area contributed by atoms with Crippen LogP contribution in [0, 0.1) is 5.92 Å². The predicted molar refractivity (Wildman–Crippen MR) is 120 cm³/mol. The molecule has 5 rings (SSSR count). The van der Waals surface area contributed by atoms with Crippen LogP contribution in [0.4, 0.5) is 0 Å². The van der Waals surface area contributed by atoms with Gasteiger partial charge in [0.2, 0.25) is 0 Å². The van der Waals surface area contributed by atoms with E-state index < -0.39 is 0 Å². The van der Waals surface area contributed by atoms with Crippen molar-refractivity contribution in [3.63, 3.8) is 0 Å². The molecule has 3 atom stereocenters. The van der Waals surface area contributed by atoms with Crippen LogP contribution in [0.3, 0.4) is 0 Å². The number of fused-ring (bicyclic) bond motifs is 4. The van der Waals surface area contributed by atoms with E-state index in [2.05, 4.69) is 17.4 Å². The molecule has 2 saturated heterocycles. The van der Waals surface area contributed by atoms with Crippen molar-refractivity contribution in [3.8, 4) is 11.5 Å². The fraction of sp³-hybridized carbons (Fsp3) is 0.480. The number of nitrogens with one attached hydrogen (secondary N) is 1. The Morgan fingerprint density at radius 2 is 1.83 bits per heavy atom. The minimum absolute atomic E-state index is 0.0489. The molecule has 3 heterocycles. The third-order valence-electron chi connectivity index (χ3n) is 7.17. The van der Waals surface area contributed by atoms with Crippen molar-refractivity contribution < 1.29 is 9.53 Å². The van der Waals surface area contributed by atoms with Gasteiger partial charge in [0.15, 0.2) is 0 Å². The summed E-state index contributed by atoms with van der Waals surface area (Å²) in [6, 6.07) is 13.3. The summed E-state index contributed by atoms with van der Waals surface area (Å²) < 4.78 is 6.32. The highest BCUT2D eigenvalue weighted by atomic mass is 35.5. The van der Waals surface area contributed by atoms with E-state index >= 15 is 0 Å². The van der Waals surface area contributed by atoms with Crippen molar-refractivity contribution in [3.05, 3.63) is 58.1 Å². The van der Waals surface area contributed by atoms with Crippen LogP contribution in [0.25, 0.3) is 0 Å². The van der Waals surface area contributed by atoms with Crippen LogP contribution in [-0.2, 0) is 0 Å². The molecule has 3 aliphatic heterocycles. The summed E-state index contributed by atoms with van der Waals surface area (Å²) in [7, 11) is 0. The molecule has 0 saturated carbocycles. The van der Waals surface area contributed by atoms with Crippen molar-refractivity contribution >= 4 is 17.5 Å². The fourth-order valence-electron chi connectivity index (χ4n) is 5.74. The van der Waals surface area contributed by atoms with Gasteiger partial charge < -0.3 is 15.0 Å². The number of nitrogens with zero attached hydrogens (tertiary/aromatic N) is 1. The van der Waals surface area contributed by atoms with Crippen LogP contribution < -0.4 is 10.1 Å². The summed E-state index contributed by atoms with van der Waals surface area (Å²) in [4.78, 5) is 14.8. The molecule has 2 fully saturated rings. The van der Waals surface area contributed by atoms with Crippen LogP contribution in [0.1, 0.15) is 66.9 Å². The van der Waals surface area contributed by atoms with Gasteiger partial charge in [-0.05, 0) is 63.6 Å². The van der Waals surface area contributed by atoms with Crippen LogP contribution in [0.5, 0.6) is 11.5 Å². The molecule has 3 aliphatic rings. The summed E-state index contributed by atoms with van der Waals surface area (Å²) in [6.45, 7) is 5.41. The Hall–Kier alpha value is -2.04. The number of carbonyl (C=O) groups excluding carboxylic acids is 1. The maximum atomic E-state index is 12.9. The van der Waals surface area contributed by atoms with E-state index in [-0.39, 0.29) is 11.8 Å². The number of amides is 1. The zero-order chi connectivity index (χ0) is 20.8. The SMILES string of the molecule is CCN(CC)C(=O)c1ccc2c(c1)Oc1c(Cl)cccc1C2C1CC2CCC(C1)N2. The van der Waals surface area contributed by atoms with Gasteiger partial charge in [0, 0.05) is 47.8 Å². The monoisotopic (exact) mass is 424 g/mol. The first-order valence-corrected chi connectivity index (χ1v) is 11.6. The molecular weight excluding hydrogens is 396 g/mol. The van der Waals surface area contributed by atoms with E-state index in [1.54, 1.807) is 0 Å². The fourth-order valence-corrected chi connectivity index (χ4v) is 5.96. The predicted octanol–water partition coefficient (Wildman–Crippen LogP) is 5.59. The zero-order valence-corrected chi connectivity index (χ0v) is 18.4. The minimum atomic E-state index is 0.0489. The maximum Gasteiger partial charge on any atom is 0.253 e. The van der Waals surface area contributed by atoms with Gasteiger partial charge in [-0.2, -0.15) is 0 Å². The number of halogens is 1. The molecule has 30 heavy (non-hydrogen) atoms. The Bertz CT molecular complexity index is 960. The molecule has 0 spiro atoms. The van der Waals surface area contributed by atoms with Crippen molar-refractivity contribution in [1.29, 1.82) is 0 Å². The molecule has 1 N–H and O–H groups in total. The lowest BCUT2D eigenvalue weighted by Crippen LogP contribution is -2.40. The van der Waals surface area contributed by atoms with Crippen molar-refractivity contribution in [1.82, 2.24) is 10.2 Å². The average Bonchev–Trinajstić information content (AvgIpc) is 3.10. The van der Waals surface area contributed by atoms with Crippen molar-refractivity contribution in [2.24, 2.45) is 5.92 Å². The number of hydrogen-bond donors (Lipinski definition) is 1. The quantitative estimate of drug-likeness (QED) is 0.695. The topological polar surface area (TPSA) is 41.6 Å². The molecule has 158 valence electrons. The van der Waals surface area contributed by atoms with Gasteiger partial charge in [-0.15, -0.1) is 0 Å². The molecule has 0 radical (unpaired) electrons. The Morgan fingerprint density at radius 3 is 2.53 bits per heavy atom.